The fourth-order valence-electron chi connectivity index (χ4n) is 1.65. The van der Waals surface area contributed by atoms with Crippen molar-refractivity contribution in [1.82, 2.24) is 14.8 Å². The molecule has 0 radical (unpaired) electrons. The maximum atomic E-state index is 11.4. The Bertz CT molecular complexity index is 729. The number of halogens is 2. The fourth-order valence-corrected chi connectivity index (χ4v) is 3.09. The molecule has 0 atom stereocenters. The van der Waals surface area contributed by atoms with Gasteiger partial charge in [-0.3, -0.25) is 4.57 Å². The molecule has 2 rings (SSSR count). The minimum absolute atomic E-state index is 0.274. The van der Waals surface area contributed by atoms with Gasteiger partial charge in [0.2, 0.25) is 0 Å². The summed E-state index contributed by atoms with van der Waals surface area (Å²) in [5.41, 5.74) is 0.592. The molecule has 2 N–H and O–H groups in total. The van der Waals surface area contributed by atoms with Crippen LogP contribution in [0.5, 0.6) is 0 Å². The van der Waals surface area contributed by atoms with Gasteiger partial charge in [0, 0.05) is 16.6 Å². The number of nitrogens with zero attached hydrogens (tertiary/aromatic N) is 3. The quantitative estimate of drug-likeness (QED) is 0.901. The van der Waals surface area contributed by atoms with Crippen molar-refractivity contribution in [2.45, 2.75) is 18.6 Å². The van der Waals surface area contributed by atoms with Crippen LogP contribution in [0.2, 0.25) is 5.02 Å². The fraction of sp³-hybridized carbons (Fsp3) is 0.200. The monoisotopic (exact) mass is 364 g/mol. The van der Waals surface area contributed by atoms with Crippen LogP contribution < -0.4 is 5.14 Å². The van der Waals surface area contributed by atoms with E-state index in [1.165, 1.54) is 4.57 Å². The van der Waals surface area contributed by atoms with Gasteiger partial charge >= 0.3 is 0 Å². The van der Waals surface area contributed by atoms with Gasteiger partial charge in [-0.05, 0) is 25.1 Å². The lowest BCUT2D eigenvalue weighted by Gasteiger charge is -2.07. The summed E-state index contributed by atoms with van der Waals surface area (Å²) >= 11 is 9.42. The van der Waals surface area contributed by atoms with E-state index < -0.39 is 10.0 Å². The maximum Gasteiger partial charge on any atom is 0.273 e. The molecular formula is C10H10BrClN4O2S. The van der Waals surface area contributed by atoms with Crippen LogP contribution in [0.4, 0.5) is 0 Å². The number of nitrogens with two attached hydrogens (primary N) is 1. The van der Waals surface area contributed by atoms with Gasteiger partial charge in [0.25, 0.3) is 15.2 Å². The first kappa shape index (κ1) is 14.4. The third-order valence-corrected chi connectivity index (χ3v) is 4.08. The topological polar surface area (TPSA) is 90.9 Å². The third kappa shape index (κ3) is 2.81. The summed E-state index contributed by atoms with van der Waals surface area (Å²) in [6.45, 7) is 2.13. The number of primary sulfonamides is 1. The number of hydrogen-bond donors (Lipinski definition) is 1. The van der Waals surface area contributed by atoms with Crippen LogP contribution in [-0.4, -0.2) is 23.2 Å². The number of sulfonamides is 1. The highest BCUT2D eigenvalue weighted by Gasteiger charge is 2.22. The predicted molar refractivity (Wildman–Crippen MR) is 75.2 cm³/mol. The van der Waals surface area contributed by atoms with Gasteiger partial charge in [0.05, 0.1) is 5.02 Å². The van der Waals surface area contributed by atoms with Gasteiger partial charge < -0.3 is 0 Å². The highest BCUT2D eigenvalue weighted by Crippen LogP contribution is 2.30. The first-order chi connectivity index (χ1) is 8.84. The van der Waals surface area contributed by atoms with Crippen LogP contribution >= 0.6 is 27.5 Å². The summed E-state index contributed by atoms with van der Waals surface area (Å²) in [7, 11) is -3.92. The molecule has 102 valence electrons. The van der Waals surface area contributed by atoms with E-state index in [0.717, 1.165) is 4.47 Å². The highest BCUT2D eigenvalue weighted by atomic mass is 79.9. The predicted octanol–water partition coefficient (Wildman–Crippen LogP) is 2.03. The molecule has 0 spiro atoms. The van der Waals surface area contributed by atoms with Crippen LogP contribution in [0.25, 0.3) is 11.4 Å². The van der Waals surface area contributed by atoms with E-state index in [1.807, 2.05) is 0 Å². The average Bonchev–Trinajstić information content (AvgIpc) is 2.72. The second kappa shape index (κ2) is 5.20. The van der Waals surface area contributed by atoms with Crippen LogP contribution in [0.15, 0.2) is 27.8 Å². The summed E-state index contributed by atoms with van der Waals surface area (Å²) in [5, 5.41) is 12.8. The molecule has 1 aromatic heterocycles. The number of aromatic nitrogens is 3. The molecule has 9 heteroatoms. The molecule has 0 aliphatic carbocycles. The molecule has 0 unspecified atom stereocenters. The Morgan fingerprint density at radius 1 is 1.42 bits per heavy atom. The van der Waals surface area contributed by atoms with E-state index >= 15 is 0 Å². The highest BCUT2D eigenvalue weighted by molar-refractivity contribution is 9.10. The normalized spacial score (nSPS) is 11.8. The van der Waals surface area contributed by atoms with E-state index in [9.17, 15) is 8.42 Å². The van der Waals surface area contributed by atoms with Gasteiger partial charge in [0.15, 0.2) is 5.82 Å². The van der Waals surface area contributed by atoms with Crippen LogP contribution in [0, 0.1) is 0 Å². The Morgan fingerprint density at radius 2 is 2.11 bits per heavy atom. The molecule has 1 heterocycles. The van der Waals surface area contributed by atoms with Gasteiger partial charge in [-0.2, -0.15) is 0 Å². The lowest BCUT2D eigenvalue weighted by molar-refractivity contribution is 0.571. The lowest BCUT2D eigenvalue weighted by Crippen LogP contribution is -2.18. The molecule has 2 aromatic rings. The molecule has 0 saturated carbocycles. The molecule has 1 aromatic carbocycles. The summed E-state index contributed by atoms with van der Waals surface area (Å²) in [6, 6.07) is 5.21. The van der Waals surface area contributed by atoms with Crippen LogP contribution in [-0.2, 0) is 16.6 Å². The van der Waals surface area contributed by atoms with Crippen molar-refractivity contribution in [3.05, 3.63) is 27.7 Å². The molecule has 0 aliphatic heterocycles. The van der Waals surface area contributed by atoms with Crippen molar-refractivity contribution in [3.63, 3.8) is 0 Å². The second-order valence-electron chi connectivity index (χ2n) is 3.72. The van der Waals surface area contributed by atoms with Crippen molar-refractivity contribution in [1.29, 1.82) is 0 Å². The molecule has 6 nitrogen and oxygen atoms in total. The van der Waals surface area contributed by atoms with Crippen molar-refractivity contribution in [2.75, 3.05) is 0 Å². The number of rotatable bonds is 3. The average molecular weight is 366 g/mol. The molecule has 0 aliphatic rings. The first-order valence-corrected chi connectivity index (χ1v) is 7.97. The SMILES string of the molecule is CCn1c(-c2ccc(Br)cc2Cl)nnc1S(N)(=O)=O. The molecule has 0 saturated heterocycles. The van der Waals surface area contributed by atoms with E-state index in [-0.39, 0.29) is 5.16 Å². The van der Waals surface area contributed by atoms with E-state index in [0.29, 0.717) is 23.0 Å². The van der Waals surface area contributed by atoms with Gasteiger partial charge in [-0.25, -0.2) is 13.6 Å². The Labute approximate surface area is 123 Å². The standard InChI is InChI=1S/C10H10BrClN4O2S/c1-2-16-9(14-15-10(16)19(13,17)18)7-4-3-6(11)5-8(7)12/h3-5H,2H2,1H3,(H2,13,17,18). The number of hydrogen-bond acceptors (Lipinski definition) is 4. The second-order valence-corrected chi connectivity index (χ2v) is 6.50. The lowest BCUT2D eigenvalue weighted by atomic mass is 10.2. The van der Waals surface area contributed by atoms with Crippen molar-refractivity contribution < 1.29 is 8.42 Å². The smallest absolute Gasteiger partial charge is 0.273 e. The van der Waals surface area contributed by atoms with Crippen LogP contribution in [0.1, 0.15) is 6.92 Å². The minimum Gasteiger partial charge on any atom is -0.297 e. The zero-order valence-electron chi connectivity index (χ0n) is 9.84. The van der Waals surface area contributed by atoms with Crippen molar-refractivity contribution in [3.8, 4) is 11.4 Å². The Balaban J connectivity index is 2.67. The maximum absolute atomic E-state index is 11.4. The van der Waals surface area contributed by atoms with Crippen molar-refractivity contribution >= 4 is 37.6 Å². The summed E-state index contributed by atoms with van der Waals surface area (Å²) in [5.74, 6) is 0.365. The Hall–Kier alpha value is -0.960. The molecule has 19 heavy (non-hydrogen) atoms. The summed E-state index contributed by atoms with van der Waals surface area (Å²) in [6.07, 6.45) is 0. The Kier molecular flexibility index (Phi) is 3.95. The first-order valence-electron chi connectivity index (χ1n) is 5.26. The van der Waals surface area contributed by atoms with Crippen LogP contribution in [0.3, 0.4) is 0 Å². The molecule has 0 bridgehead atoms. The van der Waals surface area contributed by atoms with Gasteiger partial charge in [-0.15, -0.1) is 10.2 Å². The molecular weight excluding hydrogens is 356 g/mol. The van der Waals surface area contributed by atoms with Crippen molar-refractivity contribution in [2.24, 2.45) is 5.14 Å². The van der Waals surface area contributed by atoms with Gasteiger partial charge in [0.1, 0.15) is 0 Å². The van der Waals surface area contributed by atoms with E-state index in [1.54, 1.807) is 25.1 Å². The molecule has 0 amide bonds. The summed E-state index contributed by atoms with van der Waals surface area (Å²) < 4.78 is 25.0. The largest absolute Gasteiger partial charge is 0.297 e. The van der Waals surface area contributed by atoms with Gasteiger partial charge in [-0.1, -0.05) is 27.5 Å². The van der Waals surface area contributed by atoms with E-state index in [4.69, 9.17) is 16.7 Å². The Morgan fingerprint density at radius 3 is 2.63 bits per heavy atom. The third-order valence-electron chi connectivity index (χ3n) is 2.46. The zero-order valence-corrected chi connectivity index (χ0v) is 13.0. The zero-order chi connectivity index (χ0) is 14.2. The number of benzene rings is 1. The summed E-state index contributed by atoms with van der Waals surface area (Å²) in [4.78, 5) is 0. The molecule has 0 fully saturated rings. The van der Waals surface area contributed by atoms with E-state index in [2.05, 4.69) is 26.1 Å². The minimum atomic E-state index is -3.92.